The first kappa shape index (κ1) is 101. The number of benzene rings is 6. The van der Waals surface area contributed by atoms with Crippen LogP contribution in [0.3, 0.4) is 0 Å². The number of amides is 1. The zero-order valence-electron chi connectivity index (χ0n) is 57.5. The Hall–Kier alpha value is -4.46. The van der Waals surface area contributed by atoms with Gasteiger partial charge in [0.1, 0.15) is 18.2 Å². The Bertz CT molecular complexity index is 2900. The normalized spacial score (nSPS) is 13.3. The number of aliphatic hydroxyl groups excluding tert-OH is 2. The second-order valence-electron chi connectivity index (χ2n) is 25.8. The summed E-state index contributed by atoms with van der Waals surface area (Å²) < 4.78 is 23.3. The average Bonchev–Trinajstić information content (AvgIpc) is 0.840. The van der Waals surface area contributed by atoms with E-state index in [4.69, 9.17) is 28.3 Å². The quantitative estimate of drug-likeness (QED) is 0.0189. The van der Waals surface area contributed by atoms with Crippen LogP contribution in [-0.2, 0) is 27.9 Å². The number of morpholine rings is 1. The highest BCUT2D eigenvalue weighted by Gasteiger charge is 2.40. The number of carbonyl (C=O) groups excluding carboxylic acids is 2. The maximum atomic E-state index is 12.5. The van der Waals surface area contributed by atoms with Crippen LogP contribution in [0.5, 0.6) is 0 Å². The van der Waals surface area contributed by atoms with E-state index in [9.17, 15) is 19.8 Å². The summed E-state index contributed by atoms with van der Waals surface area (Å²) in [6.07, 6.45) is 7.43. The van der Waals surface area contributed by atoms with Crippen molar-refractivity contribution in [2.24, 2.45) is 9.98 Å². The molecule has 1 aliphatic heterocycles. The molecule has 1 fully saturated rings. The third-order valence-electron chi connectivity index (χ3n) is 17.0. The minimum Gasteiger partial charge on any atom is -0.467 e. The Balaban J connectivity index is -0.000000418. The molecule has 0 saturated carbocycles. The van der Waals surface area contributed by atoms with Gasteiger partial charge in [-0.05, 0) is 53.8 Å². The zero-order chi connectivity index (χ0) is 64.0. The van der Waals surface area contributed by atoms with Gasteiger partial charge in [0.25, 0.3) is 0 Å². The van der Waals surface area contributed by atoms with Crippen LogP contribution in [0.2, 0.25) is 36.3 Å². The summed E-state index contributed by atoms with van der Waals surface area (Å²) in [5.41, 5.74) is 7.27. The van der Waals surface area contributed by atoms with E-state index in [-0.39, 0.29) is 132 Å². The third kappa shape index (κ3) is 35.1. The fourth-order valence-electron chi connectivity index (χ4n) is 9.41. The van der Waals surface area contributed by atoms with E-state index >= 15 is 0 Å². The SMILES string of the molecule is C.C.C.C.CC(C)(C)[Si](C)(C)OC[C@H](N=C(c1ccccc1)c1ccccc1)[C@@H](O)c1ccccc1.CCCCCCCCCC(=O)N[C@@H](CN1CCOCC1)[C@@H](O)c1ccccc1.COC(=O)[C@H](CO[Si](C)(C)C(C)(C)C)N=C(c1ccccc1)c1ccccc1.S.S.S.S.S. The standard InChI is InChI=1S/C28H35NO2Si.C23H38N2O3.C23H31NO3Si.4CH4.5H2S/c1-28(2,3)32(4,5)31-21-25(27(30)24-19-13-8-14-20-24)29-26(22-15-9-6-10-16-22)23-17-11-7-12-18-23;1-2-3-4-5-6-7-11-14-22(26)24-21(19-25-15-17-28-18-16-25)23(27)20-12-9-8-10-13-20;1-23(2,3)28(5,6)27-17-20(22(25)26-4)24-21(18-13-9-7-10-14-18)19-15-11-8-12-16-19;;;;;;;;;/h6-20,25,27,30H,21H2,1-5H3;8-10,12-13,21,23,27H,2-7,11,14-19H2,1H3,(H,24,26);7-16,20H,17H2,1-6H3;4*1H4;5*1H2/t25-,27-;21-,23-;20-;;;;;;;;;/m000........./s1. The average molecular weight is 1470 g/mol. The number of unbranched alkanes of at least 4 members (excludes halogenated alkanes) is 6. The van der Waals surface area contributed by atoms with Crippen molar-refractivity contribution in [2.75, 3.05) is 53.2 Å². The molecule has 12 nitrogen and oxygen atoms in total. The Kier molecular flexibility index (Phi) is 54.8. The molecule has 1 aliphatic rings. The Labute approximate surface area is 626 Å². The van der Waals surface area contributed by atoms with Crippen molar-refractivity contribution in [1.29, 1.82) is 0 Å². The van der Waals surface area contributed by atoms with Gasteiger partial charge in [0.2, 0.25) is 5.91 Å². The number of hydrogen-bond acceptors (Lipinski definition) is 11. The molecule has 1 saturated heterocycles. The smallest absolute Gasteiger partial charge is 0.332 e. The maximum absolute atomic E-state index is 12.5. The number of aliphatic imine (C=N–C) groups is 2. The minimum atomic E-state index is -2.01. The lowest BCUT2D eigenvalue weighted by Gasteiger charge is -2.37. The van der Waals surface area contributed by atoms with Crippen molar-refractivity contribution in [3.05, 3.63) is 215 Å². The van der Waals surface area contributed by atoms with Crippen LogP contribution in [-0.4, -0.2) is 126 Å². The number of methoxy groups -OCH3 is 1. The monoisotopic (exact) mass is 1470 g/mol. The molecule has 1 amide bonds. The molecule has 5 atom stereocenters. The summed E-state index contributed by atoms with van der Waals surface area (Å²) in [5, 5.41) is 25.5. The first-order valence-electron chi connectivity index (χ1n) is 31.8. The topological polar surface area (TPSA) is 152 Å². The highest BCUT2D eigenvalue weighted by molar-refractivity contribution is 7.60. The van der Waals surface area contributed by atoms with E-state index in [0.29, 0.717) is 32.8 Å². The number of hydrogen-bond donors (Lipinski definition) is 3. The highest BCUT2D eigenvalue weighted by atomic mass is 32.1. The van der Waals surface area contributed by atoms with Gasteiger partial charge in [-0.2, -0.15) is 67.5 Å². The summed E-state index contributed by atoms with van der Waals surface area (Å²) >= 11 is 0. The summed E-state index contributed by atoms with van der Waals surface area (Å²) in [7, 11) is -2.63. The Morgan fingerprint density at radius 1 is 0.515 bits per heavy atom. The molecule has 97 heavy (non-hydrogen) atoms. The lowest BCUT2D eigenvalue weighted by molar-refractivity contribution is -0.142. The molecule has 3 N–H and O–H groups in total. The molecule has 0 bridgehead atoms. The first-order chi connectivity index (χ1) is 42.0. The van der Waals surface area contributed by atoms with Gasteiger partial charge in [0, 0.05) is 48.3 Å². The van der Waals surface area contributed by atoms with Crippen molar-refractivity contribution < 1.29 is 38.1 Å². The Morgan fingerprint density at radius 2 is 0.856 bits per heavy atom. The molecule has 0 radical (unpaired) electrons. The fourth-order valence-corrected chi connectivity index (χ4v) is 11.4. The molecule has 0 unspecified atom stereocenters. The second-order valence-corrected chi connectivity index (χ2v) is 35.5. The van der Waals surface area contributed by atoms with E-state index < -0.39 is 40.9 Å². The zero-order valence-corrected chi connectivity index (χ0v) is 64.5. The second kappa shape index (κ2) is 52.5. The van der Waals surface area contributed by atoms with Crippen LogP contribution >= 0.6 is 67.5 Å². The van der Waals surface area contributed by atoms with E-state index in [1.165, 1.54) is 39.2 Å². The number of nitrogens with one attached hydrogen (secondary N) is 1. The predicted molar refractivity (Wildman–Crippen MR) is 446 cm³/mol. The van der Waals surface area contributed by atoms with Gasteiger partial charge in [-0.15, -0.1) is 0 Å². The van der Waals surface area contributed by atoms with Crippen molar-refractivity contribution in [2.45, 2.75) is 196 Å². The highest BCUT2D eigenvalue weighted by Crippen LogP contribution is 2.38. The first-order valence-corrected chi connectivity index (χ1v) is 37.6. The molecule has 6 aromatic rings. The van der Waals surface area contributed by atoms with E-state index in [1.807, 2.05) is 158 Å². The molecule has 0 spiro atoms. The number of esters is 1. The lowest BCUT2D eigenvalue weighted by Crippen LogP contribution is -2.49. The molecule has 0 aromatic heterocycles. The van der Waals surface area contributed by atoms with E-state index in [2.05, 4.69) is 109 Å². The number of ether oxygens (including phenoxy) is 2. The van der Waals surface area contributed by atoms with E-state index in [0.717, 1.165) is 70.7 Å². The molecule has 19 heteroatoms. The molecular weight excluding hydrogens is 1340 g/mol. The number of rotatable bonds is 28. The van der Waals surface area contributed by atoms with Crippen LogP contribution in [0.4, 0.5) is 0 Å². The summed E-state index contributed by atoms with van der Waals surface area (Å²) in [6.45, 7) is 28.6. The van der Waals surface area contributed by atoms with E-state index in [1.54, 1.807) is 0 Å². The predicted octanol–water partition coefficient (Wildman–Crippen LogP) is 18.5. The van der Waals surface area contributed by atoms with Gasteiger partial charge in [0.05, 0.1) is 51.0 Å². The van der Waals surface area contributed by atoms with Crippen LogP contribution < -0.4 is 5.32 Å². The molecule has 7 rings (SSSR count). The number of aliphatic hydroxyl groups is 2. The van der Waals surface area contributed by atoms with Crippen LogP contribution in [0.25, 0.3) is 0 Å². The van der Waals surface area contributed by atoms with Gasteiger partial charge >= 0.3 is 5.97 Å². The van der Waals surface area contributed by atoms with Gasteiger partial charge in [-0.1, -0.05) is 299 Å². The number of nitrogens with zero attached hydrogens (tertiary/aromatic N) is 3. The Morgan fingerprint density at radius 3 is 1.23 bits per heavy atom. The molecule has 1 heterocycles. The van der Waals surface area contributed by atoms with Crippen LogP contribution in [0, 0.1) is 0 Å². The summed E-state index contributed by atoms with van der Waals surface area (Å²) in [5.74, 6) is -0.343. The van der Waals surface area contributed by atoms with Gasteiger partial charge in [-0.3, -0.25) is 19.7 Å². The maximum Gasteiger partial charge on any atom is 0.332 e. The molecule has 0 aliphatic carbocycles. The molecule has 548 valence electrons. The molecular formula is C78H130N4O8S5Si2. The van der Waals surface area contributed by atoms with Gasteiger partial charge in [0.15, 0.2) is 22.7 Å². The van der Waals surface area contributed by atoms with Gasteiger partial charge < -0.3 is 33.9 Å². The van der Waals surface area contributed by atoms with Crippen LogP contribution in [0.15, 0.2) is 192 Å². The largest absolute Gasteiger partial charge is 0.467 e. The van der Waals surface area contributed by atoms with Crippen molar-refractivity contribution >= 4 is 107 Å². The summed E-state index contributed by atoms with van der Waals surface area (Å²) in [6, 6.07) is 58.0. The fraction of sp³-hybridized carbons (Fsp3) is 0.487. The van der Waals surface area contributed by atoms with Crippen molar-refractivity contribution in [1.82, 2.24) is 10.2 Å². The number of carbonyl (C=O) groups is 2. The van der Waals surface area contributed by atoms with Crippen molar-refractivity contribution in [3.63, 3.8) is 0 Å². The summed E-state index contributed by atoms with van der Waals surface area (Å²) in [4.78, 5) is 37.2. The lowest BCUT2D eigenvalue weighted by atomic mass is 9.99. The van der Waals surface area contributed by atoms with Crippen LogP contribution in [0.1, 0.15) is 175 Å². The third-order valence-corrected chi connectivity index (χ3v) is 26.0. The van der Waals surface area contributed by atoms with Gasteiger partial charge in [-0.25, -0.2) is 4.79 Å². The van der Waals surface area contributed by atoms with Crippen molar-refractivity contribution in [3.8, 4) is 0 Å². The minimum absolute atomic E-state index is 0. The molecule has 6 aromatic carbocycles.